The minimum Gasteiger partial charge on any atom is -0.464 e. The van der Waals surface area contributed by atoms with E-state index in [1.807, 2.05) is 12.1 Å². The number of halogens is 1. The van der Waals surface area contributed by atoms with E-state index < -0.39 is 5.97 Å². The van der Waals surface area contributed by atoms with Crippen molar-refractivity contribution in [3.8, 4) is 10.7 Å². The van der Waals surface area contributed by atoms with Crippen molar-refractivity contribution < 1.29 is 9.53 Å². The molecule has 2 heterocycles. The van der Waals surface area contributed by atoms with Crippen molar-refractivity contribution in [3.05, 3.63) is 33.9 Å². The van der Waals surface area contributed by atoms with Gasteiger partial charge in [-0.2, -0.15) is 0 Å². The normalized spacial score (nSPS) is 10.1. The van der Waals surface area contributed by atoms with Crippen LogP contribution in [-0.2, 0) is 4.74 Å². The Balaban J connectivity index is 2.31. The molecule has 0 amide bonds. The lowest BCUT2D eigenvalue weighted by molar-refractivity contribution is 0.0595. The Bertz CT molecular complexity index is 510. The highest BCUT2D eigenvalue weighted by molar-refractivity contribution is 9.10. The monoisotopic (exact) mass is 298 g/mol. The van der Waals surface area contributed by atoms with Crippen LogP contribution in [0.3, 0.4) is 0 Å². The van der Waals surface area contributed by atoms with Gasteiger partial charge < -0.3 is 4.74 Å². The molecule has 6 heteroatoms. The van der Waals surface area contributed by atoms with E-state index in [1.165, 1.54) is 18.4 Å². The number of nitrogens with zero attached hydrogens (tertiary/aromatic N) is 2. The third kappa shape index (κ3) is 2.28. The van der Waals surface area contributed by atoms with Crippen LogP contribution in [0, 0.1) is 0 Å². The van der Waals surface area contributed by atoms with Crippen molar-refractivity contribution >= 4 is 33.2 Å². The van der Waals surface area contributed by atoms with Gasteiger partial charge in [-0.05, 0) is 28.1 Å². The van der Waals surface area contributed by atoms with Gasteiger partial charge in [0.1, 0.15) is 5.01 Å². The summed E-state index contributed by atoms with van der Waals surface area (Å²) >= 11 is 4.67. The van der Waals surface area contributed by atoms with E-state index in [0.717, 1.165) is 10.2 Å². The number of carbonyl (C=O) groups is 1. The summed E-state index contributed by atoms with van der Waals surface area (Å²) in [5, 5.41) is 2.36. The van der Waals surface area contributed by atoms with E-state index in [4.69, 9.17) is 0 Å². The maximum atomic E-state index is 11.2. The van der Waals surface area contributed by atoms with Crippen LogP contribution in [0.25, 0.3) is 10.7 Å². The largest absolute Gasteiger partial charge is 0.464 e. The van der Waals surface area contributed by atoms with Crippen LogP contribution in [0.1, 0.15) is 10.5 Å². The minimum atomic E-state index is -0.431. The van der Waals surface area contributed by atoms with Crippen LogP contribution in [0.2, 0.25) is 0 Å². The van der Waals surface area contributed by atoms with Crippen LogP contribution >= 0.6 is 27.3 Å². The molecule has 4 nitrogen and oxygen atoms in total. The second-order valence-electron chi connectivity index (χ2n) is 2.89. The number of aromatic nitrogens is 2. The van der Waals surface area contributed by atoms with E-state index in [9.17, 15) is 4.79 Å². The summed E-state index contributed by atoms with van der Waals surface area (Å²) in [6.07, 6.45) is 1.69. The highest BCUT2D eigenvalue weighted by Gasteiger charge is 2.12. The second-order valence-corrected chi connectivity index (χ2v) is 4.66. The molecule has 82 valence electrons. The zero-order valence-electron chi connectivity index (χ0n) is 8.31. The number of ether oxygens (including phenoxy) is 1. The number of esters is 1. The summed E-state index contributed by atoms with van der Waals surface area (Å²) in [5.41, 5.74) is 1.05. The van der Waals surface area contributed by atoms with E-state index in [-0.39, 0.29) is 0 Å². The highest BCUT2D eigenvalue weighted by Crippen LogP contribution is 2.23. The minimum absolute atomic E-state index is 0.312. The lowest BCUT2D eigenvalue weighted by Crippen LogP contribution is -2.01. The molecular weight excluding hydrogens is 292 g/mol. The average Bonchev–Trinajstić information content (AvgIpc) is 2.78. The van der Waals surface area contributed by atoms with Gasteiger partial charge in [0.2, 0.25) is 0 Å². The SMILES string of the molecule is COC(=O)c1csc(-c2ccc(Br)cn2)n1. The van der Waals surface area contributed by atoms with Crippen molar-refractivity contribution in [3.63, 3.8) is 0 Å². The first-order valence-corrected chi connectivity index (χ1v) is 6.04. The predicted molar refractivity (Wildman–Crippen MR) is 64.4 cm³/mol. The molecule has 0 unspecified atom stereocenters. The molecule has 0 aliphatic rings. The predicted octanol–water partition coefficient (Wildman–Crippen LogP) is 2.75. The molecule has 0 aliphatic carbocycles. The van der Waals surface area contributed by atoms with E-state index in [2.05, 4.69) is 30.6 Å². The van der Waals surface area contributed by atoms with Crippen LogP contribution in [0.15, 0.2) is 28.2 Å². The molecule has 0 N–H and O–H groups in total. The van der Waals surface area contributed by atoms with E-state index >= 15 is 0 Å². The number of pyridine rings is 1. The van der Waals surface area contributed by atoms with Crippen molar-refractivity contribution in [2.24, 2.45) is 0 Å². The molecule has 0 spiro atoms. The van der Waals surface area contributed by atoms with Gasteiger partial charge in [-0.15, -0.1) is 11.3 Å². The Hall–Kier alpha value is -1.27. The van der Waals surface area contributed by atoms with E-state index in [1.54, 1.807) is 11.6 Å². The number of hydrogen-bond acceptors (Lipinski definition) is 5. The zero-order valence-corrected chi connectivity index (χ0v) is 10.7. The molecule has 0 atom stereocenters. The molecule has 0 bridgehead atoms. The molecule has 0 aromatic carbocycles. The van der Waals surface area contributed by atoms with Crippen molar-refractivity contribution in [1.29, 1.82) is 0 Å². The second kappa shape index (κ2) is 4.71. The van der Waals surface area contributed by atoms with Crippen LogP contribution in [-0.4, -0.2) is 23.0 Å². The molecule has 0 radical (unpaired) electrons. The van der Waals surface area contributed by atoms with Gasteiger partial charge in [-0.3, -0.25) is 4.98 Å². The van der Waals surface area contributed by atoms with E-state index in [0.29, 0.717) is 10.7 Å². The van der Waals surface area contributed by atoms with Crippen molar-refractivity contribution in [2.75, 3.05) is 7.11 Å². The summed E-state index contributed by atoms with van der Waals surface area (Å²) in [6.45, 7) is 0. The first-order valence-electron chi connectivity index (χ1n) is 4.36. The molecule has 0 saturated carbocycles. The molecule has 0 fully saturated rings. The number of rotatable bonds is 2. The average molecular weight is 299 g/mol. The number of methoxy groups -OCH3 is 1. The quantitative estimate of drug-likeness (QED) is 0.800. The van der Waals surface area contributed by atoms with Crippen molar-refractivity contribution in [2.45, 2.75) is 0 Å². The third-order valence-electron chi connectivity index (χ3n) is 1.85. The summed E-state index contributed by atoms with van der Waals surface area (Å²) in [5.74, 6) is -0.431. The Morgan fingerprint density at radius 3 is 2.94 bits per heavy atom. The number of hydrogen-bond donors (Lipinski definition) is 0. The van der Waals surface area contributed by atoms with Gasteiger partial charge in [-0.25, -0.2) is 9.78 Å². The number of thiazole rings is 1. The number of carbonyl (C=O) groups excluding carboxylic acids is 1. The molecular formula is C10H7BrN2O2S. The van der Waals surface area contributed by atoms with Gasteiger partial charge in [0.25, 0.3) is 0 Å². The first kappa shape index (κ1) is 11.2. The van der Waals surface area contributed by atoms with Gasteiger partial charge in [-0.1, -0.05) is 0 Å². The summed E-state index contributed by atoms with van der Waals surface area (Å²) < 4.78 is 5.49. The van der Waals surface area contributed by atoms with Crippen LogP contribution < -0.4 is 0 Å². The van der Waals surface area contributed by atoms with Crippen LogP contribution in [0.4, 0.5) is 0 Å². The summed E-state index contributed by atoms with van der Waals surface area (Å²) in [6, 6.07) is 3.71. The topological polar surface area (TPSA) is 52.1 Å². The molecule has 16 heavy (non-hydrogen) atoms. The lowest BCUT2D eigenvalue weighted by atomic mass is 10.4. The van der Waals surface area contributed by atoms with Gasteiger partial charge in [0.05, 0.1) is 12.8 Å². The molecule has 0 aliphatic heterocycles. The lowest BCUT2D eigenvalue weighted by Gasteiger charge is -1.95. The Morgan fingerprint density at radius 2 is 2.31 bits per heavy atom. The van der Waals surface area contributed by atoms with Crippen molar-refractivity contribution in [1.82, 2.24) is 9.97 Å². The van der Waals surface area contributed by atoms with Gasteiger partial charge in [0, 0.05) is 16.0 Å². The summed E-state index contributed by atoms with van der Waals surface area (Å²) in [7, 11) is 1.33. The fraction of sp³-hybridized carbons (Fsp3) is 0.100. The van der Waals surface area contributed by atoms with Gasteiger partial charge >= 0.3 is 5.97 Å². The fourth-order valence-corrected chi connectivity index (χ4v) is 2.09. The molecule has 2 rings (SSSR count). The third-order valence-corrected chi connectivity index (χ3v) is 3.18. The Labute approximate surface area is 104 Å². The molecule has 2 aromatic rings. The molecule has 0 saturated heterocycles. The fourth-order valence-electron chi connectivity index (χ4n) is 1.09. The van der Waals surface area contributed by atoms with Gasteiger partial charge in [0.15, 0.2) is 5.69 Å². The smallest absolute Gasteiger partial charge is 0.357 e. The van der Waals surface area contributed by atoms with Crippen LogP contribution in [0.5, 0.6) is 0 Å². The first-order chi connectivity index (χ1) is 7.70. The highest BCUT2D eigenvalue weighted by atomic mass is 79.9. The Morgan fingerprint density at radius 1 is 1.50 bits per heavy atom. The Kier molecular flexibility index (Phi) is 3.31. The molecule has 2 aromatic heterocycles. The summed E-state index contributed by atoms with van der Waals surface area (Å²) in [4.78, 5) is 19.5. The maximum Gasteiger partial charge on any atom is 0.357 e. The standard InChI is InChI=1S/C10H7BrN2O2S/c1-15-10(14)8-5-16-9(13-8)7-3-2-6(11)4-12-7/h2-5H,1H3. The maximum absolute atomic E-state index is 11.2. The zero-order chi connectivity index (χ0) is 11.5.